The van der Waals surface area contributed by atoms with Crippen LogP contribution in [0.15, 0.2) is 42.5 Å². The van der Waals surface area contributed by atoms with Gasteiger partial charge in [-0.1, -0.05) is 84.0 Å². The molecule has 0 aromatic heterocycles. The molecule has 5 nitrogen and oxygen atoms in total. The fourth-order valence-corrected chi connectivity index (χ4v) is 1.40. The molecule has 6 heteroatoms. The molecule has 0 N–H and O–H groups in total. The number of fused-ring (bicyclic) bond motifs is 1. The maximum Gasteiger partial charge on any atom is 4.00 e. The van der Waals surface area contributed by atoms with Crippen LogP contribution in [0.4, 0.5) is 0 Å². The Morgan fingerprint density at radius 2 is 1.08 bits per heavy atom. The first kappa shape index (κ1) is 29.7. The van der Waals surface area contributed by atoms with Crippen molar-refractivity contribution < 1.29 is 51.4 Å². The van der Waals surface area contributed by atoms with Crippen LogP contribution in [0, 0.1) is 0 Å². The van der Waals surface area contributed by atoms with Gasteiger partial charge in [-0.15, -0.1) is 18.3 Å². The van der Waals surface area contributed by atoms with E-state index < -0.39 is 24.3 Å². The molecule has 0 atom stereocenters. The second-order valence-corrected chi connectivity index (χ2v) is 5.96. The van der Waals surface area contributed by atoms with Crippen molar-refractivity contribution in [2.45, 2.75) is 59.9 Å². The van der Waals surface area contributed by atoms with E-state index in [1.807, 2.05) is 24.3 Å². The van der Waals surface area contributed by atoms with Gasteiger partial charge in [0.2, 0.25) is 0 Å². The molecule has 26 heavy (non-hydrogen) atoms. The molecular weight excluding hydrogens is 411 g/mol. The van der Waals surface area contributed by atoms with Gasteiger partial charge in [-0.2, -0.15) is 0 Å². The third-order valence-electron chi connectivity index (χ3n) is 2.01. The Morgan fingerprint density at radius 3 is 1.46 bits per heavy atom. The van der Waals surface area contributed by atoms with Gasteiger partial charge in [0, 0.05) is 5.56 Å². The standard InChI is InChI=1S/C11H8O2.3C3H7O.Zr/c12-11(13)10-7-3-5-8-4-1-2-6-9(8)10;3*1-3(2)4;/h1-7H,(H,12,13);3*3H,1-2H3;/q;3*-1;+4/p-1. The summed E-state index contributed by atoms with van der Waals surface area (Å²) in [5.74, 6) is -1.13. The molecular formula is C20H28O5Zr. The minimum atomic E-state index is -1.13. The van der Waals surface area contributed by atoms with Crippen LogP contribution in [0.3, 0.4) is 0 Å². The van der Waals surface area contributed by atoms with Crippen molar-refractivity contribution in [3.63, 3.8) is 0 Å². The summed E-state index contributed by atoms with van der Waals surface area (Å²) >= 11 is 0. The van der Waals surface area contributed by atoms with E-state index in [9.17, 15) is 25.2 Å². The fraction of sp³-hybridized carbons (Fsp3) is 0.450. The predicted octanol–water partition coefficient (Wildman–Crippen LogP) is 0.466. The van der Waals surface area contributed by atoms with Gasteiger partial charge in [0.1, 0.15) is 0 Å². The van der Waals surface area contributed by atoms with E-state index in [1.165, 1.54) is 0 Å². The quantitative estimate of drug-likeness (QED) is 0.641. The van der Waals surface area contributed by atoms with Crippen molar-refractivity contribution in [3.8, 4) is 0 Å². The molecule has 0 unspecified atom stereocenters. The number of carbonyl (C=O) groups is 1. The smallest absolute Gasteiger partial charge is 0.852 e. The third-order valence-corrected chi connectivity index (χ3v) is 2.01. The average molecular weight is 440 g/mol. The number of carboxylic acid groups (broad SMARTS) is 1. The van der Waals surface area contributed by atoms with E-state index in [1.54, 1.807) is 59.7 Å². The van der Waals surface area contributed by atoms with Crippen molar-refractivity contribution in [3.05, 3.63) is 48.0 Å². The zero-order valence-electron chi connectivity index (χ0n) is 16.3. The molecule has 0 aliphatic rings. The summed E-state index contributed by atoms with van der Waals surface area (Å²) in [7, 11) is 0. The minimum Gasteiger partial charge on any atom is -0.852 e. The van der Waals surface area contributed by atoms with Crippen molar-refractivity contribution in [2.75, 3.05) is 0 Å². The fourth-order valence-electron chi connectivity index (χ4n) is 1.40. The first-order chi connectivity index (χ1) is 11.5. The van der Waals surface area contributed by atoms with Gasteiger partial charge in [0.15, 0.2) is 0 Å². The van der Waals surface area contributed by atoms with Gasteiger partial charge in [0.25, 0.3) is 0 Å². The largest absolute Gasteiger partial charge is 4.00 e. The molecule has 0 radical (unpaired) electrons. The monoisotopic (exact) mass is 438 g/mol. The SMILES string of the molecule is CC(C)[O-].CC(C)[O-].CC(C)[O-].O=C([O-])c1cccc2ccccc12.[Zr+4]. The van der Waals surface area contributed by atoms with E-state index in [0.717, 1.165) is 10.8 Å². The second kappa shape index (κ2) is 17.4. The zero-order chi connectivity index (χ0) is 20.0. The third kappa shape index (κ3) is 19.3. The summed E-state index contributed by atoms with van der Waals surface area (Å²) < 4.78 is 0. The van der Waals surface area contributed by atoms with Crippen LogP contribution in [-0.2, 0) is 26.2 Å². The summed E-state index contributed by atoms with van der Waals surface area (Å²) in [5, 5.41) is 40.9. The first-order valence-corrected chi connectivity index (χ1v) is 8.15. The predicted molar refractivity (Wildman–Crippen MR) is 93.7 cm³/mol. The summed E-state index contributed by atoms with van der Waals surface area (Å²) in [4.78, 5) is 10.7. The maximum absolute atomic E-state index is 10.7. The molecule has 0 fully saturated rings. The molecule has 0 spiro atoms. The van der Waals surface area contributed by atoms with E-state index in [4.69, 9.17) is 0 Å². The van der Waals surface area contributed by atoms with Gasteiger partial charge in [0.05, 0.1) is 5.97 Å². The van der Waals surface area contributed by atoms with E-state index in [2.05, 4.69) is 0 Å². The number of carboxylic acids is 1. The van der Waals surface area contributed by atoms with Gasteiger partial charge in [-0.05, 0) is 10.8 Å². The molecule has 0 aliphatic carbocycles. The maximum atomic E-state index is 10.7. The van der Waals surface area contributed by atoms with E-state index in [0.29, 0.717) is 0 Å². The Bertz CT molecular complexity index is 570. The molecule has 2 aromatic carbocycles. The number of carbonyl (C=O) groups excluding carboxylic acids is 1. The number of benzene rings is 2. The molecule has 2 rings (SSSR count). The Morgan fingerprint density at radius 1 is 0.731 bits per heavy atom. The summed E-state index contributed by atoms with van der Waals surface area (Å²) in [6.45, 7) is 9.67. The summed E-state index contributed by atoms with van der Waals surface area (Å²) in [5.41, 5.74) is 0.248. The second-order valence-electron chi connectivity index (χ2n) is 5.96. The van der Waals surface area contributed by atoms with E-state index >= 15 is 0 Å². The molecule has 0 amide bonds. The van der Waals surface area contributed by atoms with Crippen LogP contribution >= 0.6 is 0 Å². The van der Waals surface area contributed by atoms with Gasteiger partial charge in [-0.3, -0.25) is 0 Å². The molecule has 0 bridgehead atoms. The summed E-state index contributed by atoms with van der Waals surface area (Å²) in [6, 6.07) is 12.5. The van der Waals surface area contributed by atoms with Crippen LogP contribution in [0.2, 0.25) is 0 Å². The Labute approximate surface area is 175 Å². The average Bonchev–Trinajstić information content (AvgIpc) is 2.44. The van der Waals surface area contributed by atoms with Crippen LogP contribution in [-0.4, -0.2) is 24.3 Å². The van der Waals surface area contributed by atoms with Gasteiger partial charge < -0.3 is 25.2 Å². The van der Waals surface area contributed by atoms with Gasteiger partial charge >= 0.3 is 26.2 Å². The van der Waals surface area contributed by atoms with Crippen molar-refractivity contribution in [1.29, 1.82) is 0 Å². The van der Waals surface area contributed by atoms with Crippen molar-refractivity contribution in [1.82, 2.24) is 0 Å². The first-order valence-electron chi connectivity index (χ1n) is 8.15. The number of rotatable bonds is 1. The molecule has 0 saturated heterocycles. The summed E-state index contributed by atoms with van der Waals surface area (Å²) in [6.07, 6.45) is -1.25. The van der Waals surface area contributed by atoms with Crippen molar-refractivity contribution in [2.24, 2.45) is 0 Å². The van der Waals surface area contributed by atoms with Crippen LogP contribution in [0.1, 0.15) is 51.9 Å². The Hall–Kier alpha value is -1.07. The van der Waals surface area contributed by atoms with E-state index in [-0.39, 0.29) is 31.8 Å². The Kier molecular flexibility index (Phi) is 19.8. The van der Waals surface area contributed by atoms with Gasteiger partial charge in [-0.25, -0.2) is 0 Å². The topological polar surface area (TPSA) is 109 Å². The van der Waals surface area contributed by atoms with Crippen LogP contribution < -0.4 is 20.4 Å². The minimum absolute atomic E-state index is 0. The molecule has 0 saturated carbocycles. The molecule has 142 valence electrons. The number of hydrogen-bond donors (Lipinski definition) is 0. The zero-order valence-corrected chi connectivity index (χ0v) is 18.8. The normalized spacial score (nSPS) is 9.23. The van der Waals surface area contributed by atoms with Crippen LogP contribution in [0.5, 0.6) is 0 Å². The molecule has 0 heterocycles. The van der Waals surface area contributed by atoms with Crippen LogP contribution in [0.25, 0.3) is 10.8 Å². The van der Waals surface area contributed by atoms with Crippen molar-refractivity contribution >= 4 is 16.7 Å². The molecule has 2 aromatic rings. The molecule has 0 aliphatic heterocycles. The number of hydrogen-bond acceptors (Lipinski definition) is 5. The number of aromatic carboxylic acids is 1. The Balaban J connectivity index is -0.000000342.